The van der Waals surface area contributed by atoms with Crippen molar-refractivity contribution in [1.29, 1.82) is 0 Å². The van der Waals surface area contributed by atoms with Crippen LogP contribution >= 0.6 is 11.6 Å². The summed E-state index contributed by atoms with van der Waals surface area (Å²) in [4.78, 5) is 2.87. The Morgan fingerprint density at radius 3 is 2.38 bits per heavy atom. The Balaban J connectivity index is 1.64. The van der Waals surface area contributed by atoms with Gasteiger partial charge in [0.05, 0.1) is 5.52 Å². The number of H-pyrrole nitrogens is 1. The molecule has 5 aromatic rings. The van der Waals surface area contributed by atoms with Gasteiger partial charge < -0.3 is 10.1 Å². The SMILES string of the molecule is Oc1[nH]c2ccc(Cl)cc2c1N=Nc1nnc(-c2ccccc2)c2ccccc12. The van der Waals surface area contributed by atoms with Crippen molar-refractivity contribution in [3.63, 3.8) is 0 Å². The summed E-state index contributed by atoms with van der Waals surface area (Å²) in [6.45, 7) is 0. The quantitative estimate of drug-likeness (QED) is 0.337. The lowest BCUT2D eigenvalue weighted by Crippen LogP contribution is -1.90. The molecule has 140 valence electrons. The molecule has 0 fully saturated rings. The lowest BCUT2D eigenvalue weighted by atomic mass is 10.0. The average molecular weight is 400 g/mol. The number of azo groups is 1. The van der Waals surface area contributed by atoms with Crippen LogP contribution < -0.4 is 0 Å². The minimum Gasteiger partial charge on any atom is -0.493 e. The molecule has 5 rings (SSSR count). The maximum atomic E-state index is 10.2. The van der Waals surface area contributed by atoms with E-state index in [1.807, 2.05) is 54.6 Å². The number of fused-ring (bicyclic) bond motifs is 2. The number of aromatic hydroxyl groups is 1. The number of nitrogens with one attached hydrogen (secondary N) is 1. The fourth-order valence-electron chi connectivity index (χ4n) is 3.31. The Hall–Kier alpha value is -3.77. The monoisotopic (exact) mass is 399 g/mol. The summed E-state index contributed by atoms with van der Waals surface area (Å²) in [5.41, 5.74) is 2.78. The molecule has 6 nitrogen and oxygen atoms in total. The van der Waals surface area contributed by atoms with Gasteiger partial charge in [-0.05, 0) is 18.2 Å². The highest BCUT2D eigenvalue weighted by Gasteiger charge is 2.13. The molecule has 0 saturated carbocycles. The maximum Gasteiger partial charge on any atom is 0.218 e. The molecule has 0 aliphatic carbocycles. The number of rotatable bonds is 3. The van der Waals surface area contributed by atoms with Crippen LogP contribution in [0.5, 0.6) is 5.88 Å². The largest absolute Gasteiger partial charge is 0.493 e. The van der Waals surface area contributed by atoms with Crippen LogP contribution in [0.1, 0.15) is 0 Å². The second-order valence-electron chi connectivity index (χ2n) is 6.50. The minimum absolute atomic E-state index is 0.0795. The molecule has 0 bridgehead atoms. The second kappa shape index (κ2) is 7.00. The van der Waals surface area contributed by atoms with E-state index >= 15 is 0 Å². The van der Waals surface area contributed by atoms with Gasteiger partial charge in [0.15, 0.2) is 5.69 Å². The van der Waals surface area contributed by atoms with Crippen molar-refractivity contribution in [2.24, 2.45) is 10.2 Å². The van der Waals surface area contributed by atoms with Crippen LogP contribution in [0.2, 0.25) is 5.02 Å². The molecule has 3 aromatic carbocycles. The predicted molar refractivity (Wildman–Crippen MR) is 114 cm³/mol. The van der Waals surface area contributed by atoms with E-state index in [1.54, 1.807) is 18.2 Å². The second-order valence-corrected chi connectivity index (χ2v) is 6.93. The van der Waals surface area contributed by atoms with Crippen molar-refractivity contribution in [3.8, 4) is 17.1 Å². The van der Waals surface area contributed by atoms with Crippen LogP contribution in [0.3, 0.4) is 0 Å². The highest BCUT2D eigenvalue weighted by atomic mass is 35.5. The number of nitrogens with zero attached hydrogens (tertiary/aromatic N) is 4. The molecule has 0 aliphatic rings. The van der Waals surface area contributed by atoms with Crippen molar-refractivity contribution in [2.75, 3.05) is 0 Å². The van der Waals surface area contributed by atoms with E-state index in [4.69, 9.17) is 11.6 Å². The van der Waals surface area contributed by atoms with Gasteiger partial charge in [-0.15, -0.1) is 20.4 Å². The molecular formula is C22H14ClN5O. The zero-order chi connectivity index (χ0) is 19.8. The van der Waals surface area contributed by atoms with E-state index in [-0.39, 0.29) is 5.88 Å². The van der Waals surface area contributed by atoms with E-state index in [1.165, 1.54) is 0 Å². The van der Waals surface area contributed by atoms with Crippen molar-refractivity contribution in [1.82, 2.24) is 15.2 Å². The highest BCUT2D eigenvalue weighted by molar-refractivity contribution is 6.31. The number of hydrogen-bond acceptors (Lipinski definition) is 5. The Morgan fingerprint density at radius 1 is 0.793 bits per heavy atom. The van der Waals surface area contributed by atoms with Gasteiger partial charge in [0.25, 0.3) is 0 Å². The zero-order valence-corrected chi connectivity index (χ0v) is 15.8. The topological polar surface area (TPSA) is 86.5 Å². The lowest BCUT2D eigenvalue weighted by Gasteiger charge is -2.06. The standard InChI is InChI=1S/C22H14ClN5O/c23-14-10-11-18-17(12-14)20(22(29)24-18)26-28-21-16-9-5-4-8-15(16)19(25-27-21)13-6-2-1-3-7-13/h1-12,24,29H. The van der Waals surface area contributed by atoms with Gasteiger partial charge in [-0.25, -0.2) is 0 Å². The molecule has 0 radical (unpaired) electrons. The number of benzene rings is 3. The Labute approximate surface area is 170 Å². The van der Waals surface area contributed by atoms with Gasteiger partial charge >= 0.3 is 0 Å². The molecule has 2 heterocycles. The van der Waals surface area contributed by atoms with Crippen LogP contribution in [0.15, 0.2) is 83.0 Å². The summed E-state index contributed by atoms with van der Waals surface area (Å²) >= 11 is 6.08. The van der Waals surface area contributed by atoms with Crippen LogP contribution in [0.4, 0.5) is 11.5 Å². The van der Waals surface area contributed by atoms with Gasteiger partial charge in [0, 0.05) is 26.7 Å². The molecule has 2 N–H and O–H groups in total. The van der Waals surface area contributed by atoms with E-state index in [9.17, 15) is 5.11 Å². The van der Waals surface area contributed by atoms with Crippen LogP contribution in [0, 0.1) is 0 Å². The molecule has 2 aromatic heterocycles. The third kappa shape index (κ3) is 3.09. The first kappa shape index (κ1) is 17.3. The molecule has 0 aliphatic heterocycles. The Morgan fingerprint density at radius 2 is 1.55 bits per heavy atom. The van der Waals surface area contributed by atoms with E-state index in [2.05, 4.69) is 25.4 Å². The van der Waals surface area contributed by atoms with Gasteiger partial charge in [-0.2, -0.15) is 0 Å². The third-order valence-electron chi connectivity index (χ3n) is 4.67. The molecule has 7 heteroatoms. The molecule has 0 unspecified atom stereocenters. The zero-order valence-electron chi connectivity index (χ0n) is 15.0. The first-order valence-electron chi connectivity index (χ1n) is 8.93. The molecular weight excluding hydrogens is 386 g/mol. The lowest BCUT2D eigenvalue weighted by molar-refractivity contribution is 0.459. The van der Waals surface area contributed by atoms with Crippen LogP contribution in [-0.2, 0) is 0 Å². The fourth-order valence-corrected chi connectivity index (χ4v) is 3.48. The normalized spacial score (nSPS) is 11.6. The number of halogens is 1. The van der Waals surface area contributed by atoms with E-state index in [0.29, 0.717) is 21.9 Å². The maximum absolute atomic E-state index is 10.2. The van der Waals surface area contributed by atoms with Crippen molar-refractivity contribution >= 4 is 44.8 Å². The van der Waals surface area contributed by atoms with Gasteiger partial charge in [-0.1, -0.05) is 66.2 Å². The summed E-state index contributed by atoms with van der Waals surface area (Å²) in [5.74, 6) is 0.292. The Kier molecular flexibility index (Phi) is 4.18. The fraction of sp³-hybridized carbons (Fsp3) is 0. The first-order valence-corrected chi connectivity index (χ1v) is 9.31. The Bertz CT molecular complexity index is 1380. The molecule has 0 saturated heterocycles. The third-order valence-corrected chi connectivity index (χ3v) is 4.91. The number of aromatic nitrogens is 3. The van der Waals surface area contributed by atoms with Gasteiger partial charge in [0.1, 0.15) is 5.69 Å². The van der Waals surface area contributed by atoms with E-state index in [0.717, 1.165) is 27.5 Å². The van der Waals surface area contributed by atoms with Crippen LogP contribution in [0.25, 0.3) is 32.9 Å². The summed E-state index contributed by atoms with van der Waals surface area (Å²) in [5, 5.41) is 30.4. The van der Waals surface area contributed by atoms with E-state index < -0.39 is 0 Å². The minimum atomic E-state index is -0.0795. The molecule has 0 atom stereocenters. The van der Waals surface area contributed by atoms with Crippen molar-refractivity contribution < 1.29 is 5.11 Å². The highest BCUT2D eigenvalue weighted by Crippen LogP contribution is 2.38. The predicted octanol–water partition coefficient (Wildman–Crippen LogP) is 6.55. The molecule has 29 heavy (non-hydrogen) atoms. The van der Waals surface area contributed by atoms with Crippen molar-refractivity contribution in [2.45, 2.75) is 0 Å². The summed E-state index contributed by atoms with van der Waals surface area (Å²) in [6, 6.07) is 22.9. The van der Waals surface area contributed by atoms with Gasteiger partial charge in [0.2, 0.25) is 11.7 Å². The summed E-state index contributed by atoms with van der Waals surface area (Å²) in [6.07, 6.45) is 0. The smallest absolute Gasteiger partial charge is 0.218 e. The average Bonchev–Trinajstić information content (AvgIpc) is 3.07. The van der Waals surface area contributed by atoms with Crippen molar-refractivity contribution in [3.05, 3.63) is 77.8 Å². The number of hydrogen-bond donors (Lipinski definition) is 2. The first-order chi connectivity index (χ1) is 14.2. The molecule has 0 spiro atoms. The number of aromatic amines is 1. The molecule has 0 amide bonds. The van der Waals surface area contributed by atoms with Crippen LogP contribution in [-0.4, -0.2) is 20.3 Å². The summed E-state index contributed by atoms with van der Waals surface area (Å²) < 4.78 is 0. The summed E-state index contributed by atoms with van der Waals surface area (Å²) in [7, 11) is 0. The van der Waals surface area contributed by atoms with Gasteiger partial charge in [-0.3, -0.25) is 0 Å².